The fourth-order valence-corrected chi connectivity index (χ4v) is 4.10. The summed E-state index contributed by atoms with van der Waals surface area (Å²) in [6, 6.07) is 8.87. The highest BCUT2D eigenvalue weighted by Gasteiger charge is 2.30. The molecule has 0 saturated carbocycles. The molecule has 0 fully saturated rings. The number of nitrogens with zero attached hydrogens (tertiary/aromatic N) is 2. The highest BCUT2D eigenvalue weighted by Crippen LogP contribution is 2.40. The number of para-hydroxylation sites is 1. The van der Waals surface area contributed by atoms with Crippen LogP contribution >= 0.6 is 0 Å². The van der Waals surface area contributed by atoms with E-state index in [1.807, 2.05) is 0 Å². The summed E-state index contributed by atoms with van der Waals surface area (Å²) in [5, 5.41) is 1.46. The maximum Gasteiger partial charge on any atom is 0.0685 e. The topological polar surface area (TPSA) is 8.17 Å². The predicted molar refractivity (Wildman–Crippen MR) is 84.6 cm³/mol. The fourth-order valence-electron chi connectivity index (χ4n) is 4.10. The largest absolute Gasteiger partial charge is 0.370 e. The molecule has 2 aliphatic heterocycles. The van der Waals surface area contributed by atoms with Crippen molar-refractivity contribution in [1.29, 1.82) is 0 Å². The molecule has 1 aromatic heterocycles. The van der Waals surface area contributed by atoms with Crippen molar-refractivity contribution >= 4 is 16.6 Å². The van der Waals surface area contributed by atoms with Crippen molar-refractivity contribution in [2.24, 2.45) is 7.05 Å². The molecule has 0 atom stereocenters. The molecule has 0 amide bonds. The summed E-state index contributed by atoms with van der Waals surface area (Å²) in [7, 11) is 2.24. The minimum atomic E-state index is 1.19. The Balaban J connectivity index is 2.06. The van der Waals surface area contributed by atoms with Crippen LogP contribution in [0.5, 0.6) is 0 Å². The van der Waals surface area contributed by atoms with E-state index >= 15 is 0 Å². The summed E-state index contributed by atoms with van der Waals surface area (Å²) in [5.41, 5.74) is 7.66. The molecular weight excluding hydrogens is 244 g/mol. The van der Waals surface area contributed by atoms with Crippen molar-refractivity contribution in [2.75, 3.05) is 13.1 Å². The van der Waals surface area contributed by atoms with Gasteiger partial charge in [-0.25, -0.2) is 0 Å². The van der Waals surface area contributed by atoms with Gasteiger partial charge in [-0.1, -0.05) is 25.1 Å². The number of benzene rings is 1. The Morgan fingerprint density at radius 3 is 2.80 bits per heavy atom. The zero-order valence-electron chi connectivity index (χ0n) is 12.4. The van der Waals surface area contributed by atoms with Crippen LogP contribution in [0.1, 0.15) is 37.4 Å². The number of allylic oxidation sites excluding steroid dienone is 1. The number of hydrogen-bond acceptors (Lipinski definition) is 1. The summed E-state index contributed by atoms with van der Waals surface area (Å²) in [5.74, 6) is 0. The molecule has 0 N–H and O–H groups in total. The fraction of sp³-hybridized carbons (Fsp3) is 0.444. The van der Waals surface area contributed by atoms with E-state index in [-0.39, 0.29) is 0 Å². The Morgan fingerprint density at radius 2 is 1.95 bits per heavy atom. The lowest BCUT2D eigenvalue weighted by Gasteiger charge is -2.38. The maximum atomic E-state index is 2.63. The second kappa shape index (κ2) is 4.41. The molecule has 0 saturated heterocycles. The van der Waals surface area contributed by atoms with E-state index in [2.05, 4.69) is 47.7 Å². The van der Waals surface area contributed by atoms with Crippen molar-refractivity contribution in [1.82, 2.24) is 9.47 Å². The van der Waals surface area contributed by atoms with Gasteiger partial charge in [-0.15, -0.1) is 0 Å². The van der Waals surface area contributed by atoms with Crippen LogP contribution in [-0.2, 0) is 13.5 Å². The van der Waals surface area contributed by atoms with Gasteiger partial charge >= 0.3 is 0 Å². The van der Waals surface area contributed by atoms with Crippen molar-refractivity contribution in [3.05, 3.63) is 41.1 Å². The van der Waals surface area contributed by atoms with E-state index < -0.39 is 0 Å². The molecular formula is C18H22N2. The second-order valence-corrected chi connectivity index (χ2v) is 6.05. The SMILES string of the molecule is CCC1=C2c3c(c4ccccc4n3C)CCN2CCC1. The Bertz CT molecular complexity index is 706. The van der Waals surface area contributed by atoms with Crippen LogP contribution in [0.3, 0.4) is 0 Å². The first-order valence-corrected chi connectivity index (χ1v) is 7.85. The van der Waals surface area contributed by atoms with Crippen LogP contribution < -0.4 is 0 Å². The Hall–Kier alpha value is -1.70. The predicted octanol–water partition coefficient (Wildman–Crippen LogP) is 3.95. The number of hydrogen-bond donors (Lipinski definition) is 0. The molecule has 3 heterocycles. The molecule has 2 heteroatoms. The van der Waals surface area contributed by atoms with Gasteiger partial charge < -0.3 is 9.47 Å². The third kappa shape index (κ3) is 1.51. The molecule has 0 unspecified atom stereocenters. The average molecular weight is 266 g/mol. The Morgan fingerprint density at radius 1 is 1.10 bits per heavy atom. The average Bonchev–Trinajstić information content (AvgIpc) is 2.80. The minimum absolute atomic E-state index is 1.19. The number of fused-ring (bicyclic) bond motifs is 5. The number of rotatable bonds is 1. The van der Waals surface area contributed by atoms with E-state index in [4.69, 9.17) is 0 Å². The van der Waals surface area contributed by atoms with E-state index in [1.165, 1.54) is 55.4 Å². The van der Waals surface area contributed by atoms with Crippen molar-refractivity contribution < 1.29 is 0 Å². The van der Waals surface area contributed by atoms with Crippen LogP contribution in [0.25, 0.3) is 16.6 Å². The summed E-state index contributed by atoms with van der Waals surface area (Å²) >= 11 is 0. The zero-order valence-corrected chi connectivity index (χ0v) is 12.4. The quantitative estimate of drug-likeness (QED) is 0.758. The first kappa shape index (κ1) is 12.1. The summed E-state index contributed by atoms with van der Waals surface area (Å²) in [6.45, 7) is 4.74. The summed E-state index contributed by atoms with van der Waals surface area (Å²) < 4.78 is 2.42. The molecule has 20 heavy (non-hydrogen) atoms. The Labute approximate surface area is 120 Å². The van der Waals surface area contributed by atoms with Gasteiger partial charge in [-0.2, -0.15) is 0 Å². The van der Waals surface area contributed by atoms with Crippen LogP contribution in [-0.4, -0.2) is 22.6 Å². The van der Waals surface area contributed by atoms with Gasteiger partial charge in [0.25, 0.3) is 0 Å². The number of aryl methyl sites for hydroxylation is 1. The van der Waals surface area contributed by atoms with Gasteiger partial charge in [0, 0.05) is 31.0 Å². The molecule has 2 aliphatic rings. The second-order valence-electron chi connectivity index (χ2n) is 6.05. The van der Waals surface area contributed by atoms with Crippen LogP contribution in [0, 0.1) is 0 Å². The molecule has 2 nitrogen and oxygen atoms in total. The van der Waals surface area contributed by atoms with E-state index in [1.54, 1.807) is 16.8 Å². The van der Waals surface area contributed by atoms with E-state index in [0.29, 0.717) is 0 Å². The molecule has 2 aromatic rings. The third-order valence-electron chi connectivity index (χ3n) is 5.05. The molecule has 0 bridgehead atoms. The number of aromatic nitrogens is 1. The molecule has 1 aromatic carbocycles. The lowest BCUT2D eigenvalue weighted by Crippen LogP contribution is -2.34. The minimum Gasteiger partial charge on any atom is -0.370 e. The van der Waals surface area contributed by atoms with Gasteiger partial charge in [-0.05, 0) is 42.9 Å². The standard InChI is InChI=1S/C18H22N2/c1-3-13-7-6-11-20-12-10-15-14-8-4-5-9-16(14)19(2)18(15)17(13)20/h4-5,8-9H,3,6-7,10-12H2,1-2H3. The molecule has 104 valence electrons. The molecule has 0 spiro atoms. The lowest BCUT2D eigenvalue weighted by atomic mass is 9.91. The van der Waals surface area contributed by atoms with Crippen molar-refractivity contribution in [3.63, 3.8) is 0 Å². The highest BCUT2D eigenvalue weighted by atomic mass is 15.2. The van der Waals surface area contributed by atoms with Crippen LogP contribution in [0.4, 0.5) is 0 Å². The van der Waals surface area contributed by atoms with Gasteiger partial charge in [0.05, 0.1) is 11.4 Å². The summed E-state index contributed by atoms with van der Waals surface area (Å²) in [4.78, 5) is 2.63. The lowest BCUT2D eigenvalue weighted by molar-refractivity contribution is 0.359. The highest BCUT2D eigenvalue weighted by molar-refractivity contribution is 5.91. The van der Waals surface area contributed by atoms with E-state index in [0.717, 1.165) is 0 Å². The smallest absolute Gasteiger partial charge is 0.0685 e. The zero-order chi connectivity index (χ0) is 13.7. The van der Waals surface area contributed by atoms with Crippen molar-refractivity contribution in [2.45, 2.75) is 32.6 Å². The normalized spacial score (nSPS) is 18.4. The van der Waals surface area contributed by atoms with Gasteiger partial charge in [0.15, 0.2) is 0 Å². The van der Waals surface area contributed by atoms with Gasteiger partial charge in [-0.3, -0.25) is 0 Å². The van der Waals surface area contributed by atoms with Crippen molar-refractivity contribution in [3.8, 4) is 0 Å². The first-order chi connectivity index (χ1) is 9.81. The molecule has 0 radical (unpaired) electrons. The first-order valence-electron chi connectivity index (χ1n) is 7.85. The monoisotopic (exact) mass is 266 g/mol. The maximum absolute atomic E-state index is 2.63. The van der Waals surface area contributed by atoms with Crippen LogP contribution in [0.2, 0.25) is 0 Å². The van der Waals surface area contributed by atoms with Crippen LogP contribution in [0.15, 0.2) is 29.8 Å². The van der Waals surface area contributed by atoms with Gasteiger partial charge in [0.2, 0.25) is 0 Å². The molecule has 4 rings (SSSR count). The van der Waals surface area contributed by atoms with Gasteiger partial charge in [0.1, 0.15) is 0 Å². The van der Waals surface area contributed by atoms with E-state index in [9.17, 15) is 0 Å². The Kier molecular flexibility index (Phi) is 2.66. The summed E-state index contributed by atoms with van der Waals surface area (Å²) in [6.07, 6.45) is 4.99. The molecule has 0 aliphatic carbocycles. The third-order valence-corrected chi connectivity index (χ3v) is 5.05.